The van der Waals surface area contributed by atoms with Crippen LogP contribution in [0.25, 0.3) is 0 Å². The van der Waals surface area contributed by atoms with E-state index in [1.54, 1.807) is 45.0 Å². The van der Waals surface area contributed by atoms with Gasteiger partial charge in [-0.2, -0.15) is 0 Å². The highest BCUT2D eigenvalue weighted by Crippen LogP contribution is 2.50. The molecule has 0 bridgehead atoms. The van der Waals surface area contributed by atoms with Gasteiger partial charge >= 0.3 is 11.9 Å². The first-order valence-electron chi connectivity index (χ1n) is 9.16. The SMILES string of the molecule is CCOC(=O)C1=C(N)N2C(=O)[C@@H](C)SC2=C(C(=O)OCC)[C@@H]1c1ccccc1Cl. The Morgan fingerprint density at radius 3 is 2.31 bits per heavy atom. The molecule has 2 N–H and O–H groups in total. The van der Waals surface area contributed by atoms with Crippen LogP contribution in [0.3, 0.4) is 0 Å². The minimum atomic E-state index is -0.918. The van der Waals surface area contributed by atoms with Crippen molar-refractivity contribution in [2.45, 2.75) is 31.9 Å². The summed E-state index contributed by atoms with van der Waals surface area (Å²) in [6, 6.07) is 6.85. The zero-order valence-electron chi connectivity index (χ0n) is 16.2. The third kappa shape index (κ3) is 3.62. The highest BCUT2D eigenvalue weighted by atomic mass is 35.5. The summed E-state index contributed by atoms with van der Waals surface area (Å²) in [5.41, 5.74) is 6.95. The highest BCUT2D eigenvalue weighted by molar-refractivity contribution is 8.04. The van der Waals surface area contributed by atoms with Crippen molar-refractivity contribution in [1.29, 1.82) is 0 Å². The van der Waals surface area contributed by atoms with E-state index >= 15 is 0 Å². The average Bonchev–Trinajstić information content (AvgIpc) is 2.97. The molecule has 3 rings (SSSR count). The Kier molecular flexibility index (Phi) is 6.24. The van der Waals surface area contributed by atoms with Crippen molar-refractivity contribution >= 4 is 41.2 Å². The van der Waals surface area contributed by atoms with Crippen LogP contribution in [0.4, 0.5) is 0 Å². The van der Waals surface area contributed by atoms with Crippen molar-refractivity contribution < 1.29 is 23.9 Å². The number of ether oxygens (including phenoxy) is 2. The van der Waals surface area contributed by atoms with Crippen molar-refractivity contribution in [2.24, 2.45) is 5.73 Å². The normalized spacial score (nSPS) is 21.4. The summed E-state index contributed by atoms with van der Waals surface area (Å²) in [6.07, 6.45) is 0. The van der Waals surface area contributed by atoms with Crippen molar-refractivity contribution in [3.63, 3.8) is 0 Å². The molecular formula is C20H21ClN2O5S. The van der Waals surface area contributed by atoms with Gasteiger partial charge in [0.2, 0.25) is 5.91 Å². The van der Waals surface area contributed by atoms with E-state index in [1.807, 2.05) is 0 Å². The fourth-order valence-electron chi connectivity index (χ4n) is 3.37. The van der Waals surface area contributed by atoms with Gasteiger partial charge in [0.15, 0.2) is 0 Å². The number of amides is 1. The second-order valence-electron chi connectivity index (χ2n) is 6.35. The topological polar surface area (TPSA) is 98.9 Å². The number of thioether (sulfide) groups is 1. The van der Waals surface area contributed by atoms with E-state index in [4.69, 9.17) is 26.8 Å². The number of carbonyl (C=O) groups is 3. The molecule has 0 radical (unpaired) electrons. The predicted octanol–water partition coefficient (Wildman–Crippen LogP) is 2.91. The lowest BCUT2D eigenvalue weighted by Gasteiger charge is -2.33. The van der Waals surface area contributed by atoms with Gasteiger partial charge in [0, 0.05) is 5.02 Å². The molecule has 1 amide bonds. The van der Waals surface area contributed by atoms with Gasteiger partial charge in [-0.25, -0.2) is 9.59 Å². The fourth-order valence-corrected chi connectivity index (χ4v) is 4.77. The maximum Gasteiger partial charge on any atom is 0.338 e. The van der Waals surface area contributed by atoms with Gasteiger partial charge in [-0.15, -0.1) is 0 Å². The maximum absolute atomic E-state index is 13.0. The van der Waals surface area contributed by atoms with Gasteiger partial charge < -0.3 is 15.2 Å². The molecule has 29 heavy (non-hydrogen) atoms. The quantitative estimate of drug-likeness (QED) is 0.708. The minimum Gasteiger partial charge on any atom is -0.463 e. The Morgan fingerprint density at radius 2 is 1.72 bits per heavy atom. The lowest BCUT2D eigenvalue weighted by Crippen LogP contribution is -2.40. The summed E-state index contributed by atoms with van der Waals surface area (Å²) < 4.78 is 10.5. The number of esters is 2. The molecule has 2 aliphatic heterocycles. The van der Waals surface area contributed by atoms with Crippen molar-refractivity contribution in [3.8, 4) is 0 Å². The third-order valence-electron chi connectivity index (χ3n) is 4.59. The average molecular weight is 437 g/mol. The van der Waals surface area contributed by atoms with E-state index in [2.05, 4.69) is 0 Å². The van der Waals surface area contributed by atoms with Crippen molar-refractivity contribution in [1.82, 2.24) is 4.90 Å². The Bertz CT molecular complexity index is 943. The Labute approximate surface area is 177 Å². The summed E-state index contributed by atoms with van der Waals surface area (Å²) in [7, 11) is 0. The summed E-state index contributed by atoms with van der Waals surface area (Å²) in [4.78, 5) is 39.8. The molecule has 1 aromatic carbocycles. The molecule has 154 valence electrons. The Hall–Kier alpha value is -2.45. The molecule has 1 saturated heterocycles. The van der Waals surface area contributed by atoms with Crippen molar-refractivity contribution in [3.05, 3.63) is 56.8 Å². The van der Waals surface area contributed by atoms with Gasteiger partial charge in [-0.1, -0.05) is 41.6 Å². The molecular weight excluding hydrogens is 416 g/mol. The molecule has 0 unspecified atom stereocenters. The smallest absolute Gasteiger partial charge is 0.338 e. The van der Waals surface area contributed by atoms with Gasteiger partial charge in [0.25, 0.3) is 0 Å². The Morgan fingerprint density at radius 1 is 1.14 bits per heavy atom. The van der Waals surface area contributed by atoms with Gasteiger partial charge in [0.1, 0.15) is 5.82 Å². The minimum absolute atomic E-state index is 0.00481. The van der Waals surface area contributed by atoms with E-state index < -0.39 is 23.1 Å². The summed E-state index contributed by atoms with van der Waals surface area (Å²) >= 11 is 7.62. The number of hydrogen-bond donors (Lipinski definition) is 1. The summed E-state index contributed by atoms with van der Waals surface area (Å²) in [6.45, 7) is 5.29. The van der Waals surface area contributed by atoms with Crippen LogP contribution < -0.4 is 5.73 Å². The number of rotatable bonds is 5. The molecule has 2 heterocycles. The van der Waals surface area contributed by atoms with Crippen LogP contribution >= 0.6 is 23.4 Å². The van der Waals surface area contributed by atoms with E-state index in [0.29, 0.717) is 15.6 Å². The van der Waals surface area contributed by atoms with Crippen LogP contribution in [0, 0.1) is 0 Å². The monoisotopic (exact) mass is 436 g/mol. The predicted molar refractivity (Wildman–Crippen MR) is 110 cm³/mol. The van der Waals surface area contributed by atoms with Crippen LogP contribution in [-0.4, -0.2) is 41.2 Å². The fraction of sp³-hybridized carbons (Fsp3) is 0.350. The van der Waals surface area contributed by atoms with Crippen LogP contribution in [0.5, 0.6) is 0 Å². The molecule has 2 aliphatic rings. The zero-order chi connectivity index (χ0) is 21.3. The molecule has 0 aromatic heterocycles. The molecule has 7 nitrogen and oxygen atoms in total. The molecule has 0 saturated carbocycles. The van der Waals surface area contributed by atoms with E-state index in [9.17, 15) is 14.4 Å². The zero-order valence-corrected chi connectivity index (χ0v) is 17.8. The number of hydrogen-bond acceptors (Lipinski definition) is 7. The first-order chi connectivity index (χ1) is 13.8. The molecule has 9 heteroatoms. The molecule has 2 atom stereocenters. The maximum atomic E-state index is 13.0. The number of carbonyl (C=O) groups excluding carboxylic acids is 3. The number of benzene rings is 1. The first-order valence-corrected chi connectivity index (χ1v) is 10.4. The number of nitrogens with zero attached hydrogens (tertiary/aromatic N) is 1. The van der Waals surface area contributed by atoms with Crippen LogP contribution in [0.1, 0.15) is 32.3 Å². The number of nitrogens with two attached hydrogens (primary N) is 1. The summed E-state index contributed by atoms with van der Waals surface area (Å²) in [5, 5.41) is 0.239. The second-order valence-corrected chi connectivity index (χ2v) is 8.08. The second kappa shape index (κ2) is 8.51. The van der Waals surface area contributed by atoms with Crippen LogP contribution in [0.2, 0.25) is 5.02 Å². The molecule has 0 aliphatic carbocycles. The highest BCUT2D eigenvalue weighted by Gasteiger charge is 2.49. The van der Waals surface area contributed by atoms with E-state index in [0.717, 1.165) is 0 Å². The Balaban J connectivity index is 2.32. The molecule has 0 spiro atoms. The standard InChI is InChI=1S/C20H21ClN2O5S/c1-4-27-19(25)14-13(11-8-6-7-9-12(11)21)15(20(26)28-5-2)18-23(16(14)22)17(24)10(3)29-18/h6-10,13H,4-5,22H2,1-3H3/t10-,13-/m1/s1. The van der Waals surface area contributed by atoms with Gasteiger partial charge in [-0.05, 0) is 32.4 Å². The van der Waals surface area contributed by atoms with E-state index in [1.165, 1.54) is 16.7 Å². The van der Waals surface area contributed by atoms with Crippen LogP contribution in [0.15, 0.2) is 46.3 Å². The third-order valence-corrected chi connectivity index (χ3v) is 6.12. The van der Waals surface area contributed by atoms with Gasteiger partial charge in [0.05, 0.1) is 40.6 Å². The summed E-state index contributed by atoms with van der Waals surface area (Å²) in [5.74, 6) is -2.64. The molecule has 1 aromatic rings. The largest absolute Gasteiger partial charge is 0.463 e. The van der Waals surface area contributed by atoms with Gasteiger partial charge in [-0.3, -0.25) is 9.69 Å². The number of halogens is 1. The first kappa shape index (κ1) is 21.3. The van der Waals surface area contributed by atoms with Crippen LogP contribution in [-0.2, 0) is 23.9 Å². The lowest BCUT2D eigenvalue weighted by atomic mass is 9.82. The molecule has 1 fully saturated rings. The van der Waals surface area contributed by atoms with E-state index in [-0.39, 0.29) is 36.1 Å². The number of fused-ring (bicyclic) bond motifs is 1. The lowest BCUT2D eigenvalue weighted by molar-refractivity contribution is -0.139. The van der Waals surface area contributed by atoms with Crippen molar-refractivity contribution in [2.75, 3.05) is 13.2 Å².